The molecule has 0 aliphatic rings. The molecule has 2 rings (SSSR count). The van der Waals surface area contributed by atoms with Gasteiger partial charge in [0.1, 0.15) is 17.3 Å². The molecule has 0 unspecified atom stereocenters. The van der Waals surface area contributed by atoms with Gasteiger partial charge in [0.05, 0.1) is 30.9 Å². The third-order valence-corrected chi connectivity index (χ3v) is 3.47. The van der Waals surface area contributed by atoms with Crippen LogP contribution in [0.3, 0.4) is 0 Å². The minimum absolute atomic E-state index is 0.285. The van der Waals surface area contributed by atoms with Crippen LogP contribution in [0.2, 0.25) is 0 Å². The summed E-state index contributed by atoms with van der Waals surface area (Å²) in [6, 6.07) is 9.38. The van der Waals surface area contributed by atoms with Gasteiger partial charge in [-0.2, -0.15) is 0 Å². The molecule has 0 saturated carbocycles. The minimum Gasteiger partial charge on any atom is -0.493 e. The molecule has 0 saturated heterocycles. The molecule has 0 aliphatic carbocycles. The number of halogens is 1. The van der Waals surface area contributed by atoms with Crippen molar-refractivity contribution >= 4 is 5.97 Å². The van der Waals surface area contributed by atoms with Crippen LogP contribution in [0, 0.1) is 5.82 Å². The summed E-state index contributed by atoms with van der Waals surface area (Å²) in [5, 5.41) is 0. The van der Waals surface area contributed by atoms with Gasteiger partial charge >= 0.3 is 5.97 Å². The summed E-state index contributed by atoms with van der Waals surface area (Å²) in [6.45, 7) is 6.81. The van der Waals surface area contributed by atoms with Gasteiger partial charge in [-0.1, -0.05) is 19.1 Å². The number of rotatable bonds is 8. The average molecular weight is 346 g/mol. The lowest BCUT2D eigenvalue weighted by Crippen LogP contribution is -2.08. The lowest BCUT2D eigenvalue weighted by atomic mass is 10.0. The predicted octanol–water partition coefficient (Wildman–Crippen LogP) is 4.86. The van der Waals surface area contributed by atoms with Gasteiger partial charge in [-0.15, -0.1) is 0 Å². The Balaban J connectivity index is 2.59. The van der Waals surface area contributed by atoms with Crippen molar-refractivity contribution in [1.82, 2.24) is 0 Å². The monoisotopic (exact) mass is 346 g/mol. The van der Waals surface area contributed by atoms with Crippen LogP contribution in [0.25, 0.3) is 11.1 Å². The van der Waals surface area contributed by atoms with Gasteiger partial charge in [0.2, 0.25) is 0 Å². The van der Waals surface area contributed by atoms with Crippen LogP contribution in [0.15, 0.2) is 36.4 Å². The Hall–Kier alpha value is -2.56. The Morgan fingerprint density at radius 3 is 2.16 bits per heavy atom. The smallest absolute Gasteiger partial charge is 0.338 e. The first-order valence-corrected chi connectivity index (χ1v) is 8.47. The molecule has 0 bridgehead atoms. The van der Waals surface area contributed by atoms with Gasteiger partial charge in [0.15, 0.2) is 0 Å². The van der Waals surface area contributed by atoms with Crippen molar-refractivity contribution in [2.45, 2.75) is 27.2 Å². The Labute approximate surface area is 147 Å². The van der Waals surface area contributed by atoms with E-state index < -0.39 is 5.97 Å². The zero-order chi connectivity index (χ0) is 18.2. The molecule has 0 fully saturated rings. The number of hydrogen-bond acceptors (Lipinski definition) is 4. The molecule has 4 nitrogen and oxygen atoms in total. The molecule has 25 heavy (non-hydrogen) atoms. The highest BCUT2D eigenvalue weighted by atomic mass is 19.1. The first kappa shape index (κ1) is 18.8. The summed E-state index contributed by atoms with van der Waals surface area (Å²) < 4.78 is 29.9. The largest absolute Gasteiger partial charge is 0.493 e. The SMILES string of the molecule is CCCOc1cc(C(=O)OCC)cc(OCC)c1-c1ccc(F)cc1. The molecule has 0 aliphatic heterocycles. The van der Waals surface area contributed by atoms with Crippen LogP contribution in [0.4, 0.5) is 4.39 Å². The van der Waals surface area contributed by atoms with E-state index in [-0.39, 0.29) is 12.4 Å². The lowest BCUT2D eigenvalue weighted by molar-refractivity contribution is 0.0525. The number of esters is 1. The maximum absolute atomic E-state index is 13.3. The summed E-state index contributed by atoms with van der Waals surface area (Å²) in [4.78, 5) is 12.1. The summed E-state index contributed by atoms with van der Waals surface area (Å²) in [6.07, 6.45) is 0.816. The Kier molecular flexibility index (Phi) is 6.81. The molecule has 0 N–H and O–H groups in total. The van der Waals surface area contributed by atoms with Gasteiger partial charge in [0.25, 0.3) is 0 Å². The third-order valence-electron chi connectivity index (χ3n) is 3.47. The van der Waals surface area contributed by atoms with Crippen LogP contribution in [-0.4, -0.2) is 25.8 Å². The van der Waals surface area contributed by atoms with E-state index in [2.05, 4.69) is 0 Å². The quantitative estimate of drug-likeness (QED) is 0.641. The van der Waals surface area contributed by atoms with Crippen LogP contribution in [-0.2, 0) is 4.74 Å². The number of ether oxygens (including phenoxy) is 3. The summed E-state index contributed by atoms with van der Waals surface area (Å²) in [5.74, 6) is 0.268. The van der Waals surface area contributed by atoms with Crippen molar-refractivity contribution in [3.8, 4) is 22.6 Å². The van der Waals surface area contributed by atoms with E-state index in [1.807, 2.05) is 13.8 Å². The van der Waals surface area contributed by atoms with E-state index in [1.54, 1.807) is 31.2 Å². The highest BCUT2D eigenvalue weighted by Crippen LogP contribution is 2.40. The summed E-state index contributed by atoms with van der Waals surface area (Å²) >= 11 is 0. The fourth-order valence-corrected chi connectivity index (χ4v) is 2.42. The molecule has 0 aromatic heterocycles. The normalized spacial score (nSPS) is 10.4. The highest BCUT2D eigenvalue weighted by Gasteiger charge is 2.19. The van der Waals surface area contributed by atoms with Crippen molar-refractivity contribution in [3.63, 3.8) is 0 Å². The Bertz CT molecular complexity index is 710. The van der Waals surface area contributed by atoms with Crippen molar-refractivity contribution in [1.29, 1.82) is 0 Å². The van der Waals surface area contributed by atoms with Crippen LogP contribution in [0.5, 0.6) is 11.5 Å². The van der Waals surface area contributed by atoms with E-state index in [0.29, 0.717) is 35.8 Å². The van der Waals surface area contributed by atoms with E-state index in [4.69, 9.17) is 14.2 Å². The van der Waals surface area contributed by atoms with Crippen LogP contribution < -0.4 is 9.47 Å². The zero-order valence-corrected chi connectivity index (χ0v) is 14.8. The molecule has 134 valence electrons. The lowest BCUT2D eigenvalue weighted by Gasteiger charge is -2.17. The van der Waals surface area contributed by atoms with E-state index in [9.17, 15) is 9.18 Å². The van der Waals surface area contributed by atoms with Crippen molar-refractivity contribution in [2.24, 2.45) is 0 Å². The topological polar surface area (TPSA) is 44.8 Å². The van der Waals surface area contributed by atoms with Crippen molar-refractivity contribution in [2.75, 3.05) is 19.8 Å². The van der Waals surface area contributed by atoms with Crippen molar-refractivity contribution in [3.05, 3.63) is 47.8 Å². The zero-order valence-electron chi connectivity index (χ0n) is 14.8. The first-order valence-electron chi connectivity index (χ1n) is 8.47. The van der Waals surface area contributed by atoms with E-state index in [1.165, 1.54) is 12.1 Å². The molecule has 0 amide bonds. The fourth-order valence-electron chi connectivity index (χ4n) is 2.42. The van der Waals surface area contributed by atoms with Gasteiger partial charge in [-0.3, -0.25) is 0 Å². The number of benzene rings is 2. The Morgan fingerprint density at radius 2 is 1.60 bits per heavy atom. The van der Waals surface area contributed by atoms with Crippen molar-refractivity contribution < 1.29 is 23.4 Å². The first-order chi connectivity index (χ1) is 12.1. The van der Waals surface area contributed by atoms with Crippen LogP contribution in [0.1, 0.15) is 37.6 Å². The van der Waals surface area contributed by atoms with E-state index >= 15 is 0 Å². The number of hydrogen-bond donors (Lipinski definition) is 0. The highest BCUT2D eigenvalue weighted by molar-refractivity contribution is 5.93. The number of carbonyl (C=O) groups is 1. The second-order valence-electron chi connectivity index (χ2n) is 5.36. The fraction of sp³-hybridized carbons (Fsp3) is 0.350. The minimum atomic E-state index is -0.435. The maximum atomic E-state index is 13.3. The summed E-state index contributed by atoms with van der Waals surface area (Å²) in [5.41, 5.74) is 1.82. The van der Waals surface area contributed by atoms with E-state index in [0.717, 1.165) is 12.0 Å². The molecule has 0 spiro atoms. The van der Waals surface area contributed by atoms with Gasteiger partial charge in [0, 0.05) is 0 Å². The second kappa shape index (κ2) is 9.06. The molecule has 2 aromatic carbocycles. The van der Waals surface area contributed by atoms with Gasteiger partial charge in [-0.25, -0.2) is 9.18 Å². The molecular weight excluding hydrogens is 323 g/mol. The Morgan fingerprint density at radius 1 is 0.960 bits per heavy atom. The average Bonchev–Trinajstić information content (AvgIpc) is 2.61. The summed E-state index contributed by atoms with van der Waals surface area (Å²) in [7, 11) is 0. The molecular formula is C20H23FO4. The van der Waals surface area contributed by atoms with Gasteiger partial charge < -0.3 is 14.2 Å². The molecule has 0 atom stereocenters. The standard InChI is InChI=1S/C20H23FO4/c1-4-11-25-18-13-15(20(22)24-6-3)12-17(23-5-2)19(18)14-7-9-16(21)10-8-14/h7-10,12-13H,4-6,11H2,1-3H3. The maximum Gasteiger partial charge on any atom is 0.338 e. The van der Waals surface area contributed by atoms with Crippen LogP contribution >= 0.6 is 0 Å². The number of carbonyl (C=O) groups excluding carboxylic acids is 1. The van der Waals surface area contributed by atoms with Gasteiger partial charge in [-0.05, 0) is 50.1 Å². The predicted molar refractivity (Wildman–Crippen MR) is 94.7 cm³/mol. The molecule has 0 heterocycles. The molecule has 5 heteroatoms. The molecule has 2 aromatic rings. The molecule has 0 radical (unpaired) electrons. The third kappa shape index (κ3) is 4.72. The second-order valence-corrected chi connectivity index (χ2v) is 5.36.